The number of Topliss-reactive ketones (excluding diaryl/α,β-unsaturated/α-hetero) is 1. The van der Waals surface area contributed by atoms with Crippen molar-refractivity contribution in [3.05, 3.63) is 23.3 Å². The molecule has 0 aliphatic carbocycles. The first-order chi connectivity index (χ1) is 12.8. The summed E-state index contributed by atoms with van der Waals surface area (Å²) >= 11 is 1.59. The van der Waals surface area contributed by atoms with Crippen molar-refractivity contribution in [2.24, 2.45) is 0 Å². The Balaban J connectivity index is 2.81. The van der Waals surface area contributed by atoms with Gasteiger partial charge in [-0.25, -0.2) is 0 Å². The lowest BCUT2D eigenvalue weighted by molar-refractivity contribution is -0.143. The van der Waals surface area contributed by atoms with Crippen LogP contribution in [-0.4, -0.2) is 40.9 Å². The number of ether oxygens (including phenoxy) is 1. The SMILES string of the molecule is COC(=O)CC(=O)CC(O)CCSc1cc(C(C)(C)C)c(O)c(C(C)(C)C)c1. The molecular weight excluding hydrogens is 376 g/mol. The Labute approximate surface area is 172 Å². The monoisotopic (exact) mass is 410 g/mol. The molecule has 0 fully saturated rings. The summed E-state index contributed by atoms with van der Waals surface area (Å²) in [5.41, 5.74) is 1.41. The molecule has 1 unspecified atom stereocenters. The number of carbonyl (C=O) groups excluding carboxylic acids is 2. The Kier molecular flexibility index (Phi) is 8.57. The molecule has 5 nitrogen and oxygen atoms in total. The van der Waals surface area contributed by atoms with Crippen LogP contribution in [-0.2, 0) is 25.2 Å². The summed E-state index contributed by atoms with van der Waals surface area (Å²) in [4.78, 5) is 23.8. The molecule has 1 aromatic rings. The van der Waals surface area contributed by atoms with E-state index in [1.165, 1.54) is 7.11 Å². The van der Waals surface area contributed by atoms with Gasteiger partial charge >= 0.3 is 5.97 Å². The van der Waals surface area contributed by atoms with Crippen LogP contribution in [0.2, 0.25) is 0 Å². The van der Waals surface area contributed by atoms with Crippen LogP contribution < -0.4 is 0 Å². The lowest BCUT2D eigenvalue weighted by Crippen LogP contribution is -2.18. The predicted octanol–water partition coefficient (Wildman–Crippen LogP) is 4.35. The van der Waals surface area contributed by atoms with E-state index in [0.29, 0.717) is 17.9 Å². The average Bonchev–Trinajstić information content (AvgIpc) is 2.53. The highest BCUT2D eigenvalue weighted by molar-refractivity contribution is 7.99. The van der Waals surface area contributed by atoms with Gasteiger partial charge in [0.15, 0.2) is 0 Å². The minimum Gasteiger partial charge on any atom is -0.507 e. The Hall–Kier alpha value is -1.53. The van der Waals surface area contributed by atoms with Gasteiger partial charge in [0.2, 0.25) is 0 Å². The quantitative estimate of drug-likeness (QED) is 0.376. The van der Waals surface area contributed by atoms with E-state index >= 15 is 0 Å². The van der Waals surface area contributed by atoms with E-state index in [9.17, 15) is 19.8 Å². The van der Waals surface area contributed by atoms with Crippen molar-refractivity contribution in [2.45, 2.75) is 82.6 Å². The lowest BCUT2D eigenvalue weighted by Gasteiger charge is -2.28. The molecule has 0 radical (unpaired) electrons. The van der Waals surface area contributed by atoms with E-state index in [1.54, 1.807) is 11.8 Å². The van der Waals surface area contributed by atoms with E-state index in [0.717, 1.165) is 16.0 Å². The molecule has 0 spiro atoms. The second-order valence-electron chi connectivity index (χ2n) is 9.15. The van der Waals surface area contributed by atoms with E-state index in [4.69, 9.17) is 0 Å². The summed E-state index contributed by atoms with van der Waals surface area (Å²) in [6.07, 6.45) is -0.700. The minimum atomic E-state index is -0.786. The maximum absolute atomic E-state index is 11.7. The van der Waals surface area contributed by atoms with Crippen molar-refractivity contribution in [2.75, 3.05) is 12.9 Å². The van der Waals surface area contributed by atoms with Crippen LogP contribution in [0.3, 0.4) is 0 Å². The number of aromatic hydroxyl groups is 1. The van der Waals surface area contributed by atoms with Crippen molar-refractivity contribution < 1.29 is 24.5 Å². The van der Waals surface area contributed by atoms with Gasteiger partial charge in [0.1, 0.15) is 18.0 Å². The molecule has 2 N–H and O–H groups in total. The first kappa shape index (κ1) is 24.5. The van der Waals surface area contributed by atoms with Crippen LogP contribution >= 0.6 is 11.8 Å². The number of carbonyl (C=O) groups is 2. The smallest absolute Gasteiger partial charge is 0.313 e. The van der Waals surface area contributed by atoms with Gasteiger partial charge in [-0.15, -0.1) is 11.8 Å². The van der Waals surface area contributed by atoms with Crippen LogP contribution in [0.25, 0.3) is 0 Å². The number of ketones is 1. The number of phenols is 1. The number of methoxy groups -OCH3 is 1. The molecular formula is C22H34O5S. The Morgan fingerprint density at radius 3 is 2.00 bits per heavy atom. The topological polar surface area (TPSA) is 83.8 Å². The Morgan fingerprint density at radius 1 is 1.07 bits per heavy atom. The number of hydrogen-bond donors (Lipinski definition) is 2. The number of thioether (sulfide) groups is 1. The zero-order chi connectivity index (χ0) is 21.7. The van der Waals surface area contributed by atoms with Crippen LogP contribution in [0.15, 0.2) is 17.0 Å². The molecule has 28 heavy (non-hydrogen) atoms. The highest BCUT2D eigenvalue weighted by Gasteiger charge is 2.26. The third-order valence-corrected chi connectivity index (χ3v) is 5.46. The predicted molar refractivity (Wildman–Crippen MR) is 113 cm³/mol. The third-order valence-electron chi connectivity index (χ3n) is 4.45. The van der Waals surface area contributed by atoms with Crippen LogP contribution in [0.1, 0.15) is 71.9 Å². The summed E-state index contributed by atoms with van der Waals surface area (Å²) in [6, 6.07) is 4.01. The molecule has 0 aliphatic heterocycles. The van der Waals surface area contributed by atoms with Gasteiger partial charge in [0.25, 0.3) is 0 Å². The van der Waals surface area contributed by atoms with Gasteiger partial charge in [0, 0.05) is 28.2 Å². The molecule has 1 atom stereocenters. The van der Waals surface area contributed by atoms with E-state index in [2.05, 4.69) is 46.3 Å². The van der Waals surface area contributed by atoms with Crippen molar-refractivity contribution in [3.63, 3.8) is 0 Å². The Bertz CT molecular complexity index is 663. The summed E-state index contributed by atoms with van der Waals surface area (Å²) in [5, 5.41) is 20.8. The summed E-state index contributed by atoms with van der Waals surface area (Å²) < 4.78 is 4.46. The van der Waals surface area contributed by atoms with E-state index in [-0.39, 0.29) is 29.5 Å². The molecule has 1 aromatic carbocycles. The normalized spacial score (nSPS) is 13.3. The molecule has 6 heteroatoms. The molecule has 0 amide bonds. The van der Waals surface area contributed by atoms with Gasteiger partial charge in [0.05, 0.1) is 13.2 Å². The number of rotatable bonds is 8. The lowest BCUT2D eigenvalue weighted by atomic mass is 9.79. The second-order valence-corrected chi connectivity index (χ2v) is 10.3. The molecule has 0 heterocycles. The number of aliphatic hydroxyl groups excluding tert-OH is 1. The average molecular weight is 411 g/mol. The summed E-state index contributed by atoms with van der Waals surface area (Å²) in [7, 11) is 1.23. The van der Waals surface area contributed by atoms with Gasteiger partial charge in [-0.2, -0.15) is 0 Å². The number of benzene rings is 1. The fourth-order valence-electron chi connectivity index (χ4n) is 2.82. The molecule has 158 valence electrons. The zero-order valence-corrected chi connectivity index (χ0v) is 18.9. The Morgan fingerprint density at radius 2 is 1.57 bits per heavy atom. The fourth-order valence-corrected chi connectivity index (χ4v) is 3.85. The second kappa shape index (κ2) is 9.79. The third kappa shape index (κ3) is 7.47. The van der Waals surface area contributed by atoms with Crippen LogP contribution in [0.4, 0.5) is 0 Å². The summed E-state index contributed by atoms with van der Waals surface area (Å²) in [6.45, 7) is 12.4. The first-order valence-corrected chi connectivity index (χ1v) is 10.5. The van der Waals surface area contributed by atoms with Gasteiger partial charge in [-0.1, -0.05) is 41.5 Å². The maximum atomic E-state index is 11.7. The number of esters is 1. The zero-order valence-electron chi connectivity index (χ0n) is 18.1. The standard InChI is InChI=1S/C22H34O5S/c1-21(2,3)17-12-16(13-18(20(17)26)22(4,5)6)28-9-8-14(23)10-15(24)11-19(25)27-7/h12-14,23,26H,8-11H2,1-7H3. The van der Waals surface area contributed by atoms with Gasteiger partial charge in [-0.05, 0) is 29.4 Å². The highest BCUT2D eigenvalue weighted by atomic mass is 32.2. The van der Waals surface area contributed by atoms with E-state index < -0.39 is 12.1 Å². The summed E-state index contributed by atoms with van der Waals surface area (Å²) in [5.74, 6) is 0.0711. The van der Waals surface area contributed by atoms with Crippen LogP contribution in [0, 0.1) is 0 Å². The van der Waals surface area contributed by atoms with Crippen molar-refractivity contribution >= 4 is 23.5 Å². The maximum Gasteiger partial charge on any atom is 0.313 e. The molecule has 0 saturated heterocycles. The van der Waals surface area contributed by atoms with Crippen molar-refractivity contribution in [1.82, 2.24) is 0 Å². The number of hydrogen-bond acceptors (Lipinski definition) is 6. The van der Waals surface area contributed by atoms with Gasteiger partial charge < -0.3 is 14.9 Å². The highest BCUT2D eigenvalue weighted by Crippen LogP contribution is 2.41. The molecule has 0 bridgehead atoms. The van der Waals surface area contributed by atoms with Crippen molar-refractivity contribution in [1.29, 1.82) is 0 Å². The molecule has 0 aliphatic rings. The molecule has 1 rings (SSSR count). The van der Waals surface area contributed by atoms with Crippen LogP contribution in [0.5, 0.6) is 5.75 Å². The van der Waals surface area contributed by atoms with E-state index in [1.807, 2.05) is 12.1 Å². The van der Waals surface area contributed by atoms with Gasteiger partial charge in [-0.3, -0.25) is 9.59 Å². The fraction of sp³-hybridized carbons (Fsp3) is 0.636. The largest absolute Gasteiger partial charge is 0.507 e. The number of phenolic OH excluding ortho intramolecular Hbond substituents is 1. The minimum absolute atomic E-state index is 0.0499. The number of aliphatic hydroxyl groups is 1. The first-order valence-electron chi connectivity index (χ1n) is 9.53. The molecule has 0 saturated carbocycles. The van der Waals surface area contributed by atoms with Crippen molar-refractivity contribution in [3.8, 4) is 5.75 Å². The molecule has 0 aromatic heterocycles.